The molecule has 0 unspecified atom stereocenters. The summed E-state index contributed by atoms with van der Waals surface area (Å²) in [6.45, 7) is 0. The van der Waals surface area contributed by atoms with Crippen molar-refractivity contribution in [2.75, 3.05) is 0 Å². The normalized spacial score (nSPS) is 11.6. The molecule has 5 heteroatoms. The van der Waals surface area contributed by atoms with Gasteiger partial charge in [0.05, 0.1) is 27.6 Å². The molecule has 0 aliphatic heterocycles. The molecule has 10 aromatic rings. The van der Waals surface area contributed by atoms with Crippen LogP contribution < -0.4 is 0 Å². The van der Waals surface area contributed by atoms with Crippen molar-refractivity contribution < 1.29 is 0 Å². The van der Waals surface area contributed by atoms with Gasteiger partial charge >= 0.3 is 0 Å². The van der Waals surface area contributed by atoms with E-state index in [0.29, 0.717) is 11.6 Å². The molecule has 50 heavy (non-hydrogen) atoms. The number of hydrogen-bond donors (Lipinski definition) is 0. The van der Waals surface area contributed by atoms with Gasteiger partial charge in [0.1, 0.15) is 6.07 Å². The van der Waals surface area contributed by atoms with Crippen molar-refractivity contribution in [3.05, 3.63) is 169 Å². The molecule has 3 heterocycles. The third-order valence-corrected chi connectivity index (χ3v) is 9.79. The summed E-state index contributed by atoms with van der Waals surface area (Å²) >= 11 is 0. The Morgan fingerprint density at radius 2 is 0.900 bits per heavy atom. The Hall–Kier alpha value is -7.03. The fraction of sp³-hybridized carbons (Fsp3) is 0. The maximum atomic E-state index is 9.98. The van der Waals surface area contributed by atoms with Gasteiger partial charge in [-0.3, -0.25) is 4.57 Å². The fourth-order valence-electron chi connectivity index (χ4n) is 7.49. The molecule has 0 aliphatic rings. The van der Waals surface area contributed by atoms with Crippen LogP contribution in [0.5, 0.6) is 0 Å². The predicted octanol–water partition coefficient (Wildman–Crippen LogP) is 11.0. The van der Waals surface area contributed by atoms with Crippen LogP contribution in [-0.4, -0.2) is 19.1 Å². The third kappa shape index (κ3) is 4.26. The van der Waals surface area contributed by atoms with Crippen molar-refractivity contribution >= 4 is 54.5 Å². The first-order chi connectivity index (χ1) is 24.7. The Morgan fingerprint density at radius 1 is 0.400 bits per heavy atom. The number of rotatable bonds is 4. The molecular weight excluding hydrogens is 611 g/mol. The molecule has 232 valence electrons. The Kier molecular flexibility index (Phi) is 6.17. The molecule has 0 aliphatic carbocycles. The zero-order valence-electron chi connectivity index (χ0n) is 26.8. The van der Waals surface area contributed by atoms with Gasteiger partial charge in [-0.2, -0.15) is 5.26 Å². The highest BCUT2D eigenvalue weighted by molar-refractivity contribution is 6.13. The van der Waals surface area contributed by atoms with E-state index in [9.17, 15) is 5.26 Å². The minimum Gasteiger partial charge on any atom is -0.309 e. The monoisotopic (exact) mass is 637 g/mol. The van der Waals surface area contributed by atoms with Crippen LogP contribution >= 0.6 is 0 Å². The summed E-state index contributed by atoms with van der Waals surface area (Å²) in [7, 11) is 0. The number of nitriles is 1. The topological polar surface area (TPSA) is 59.4 Å². The quantitative estimate of drug-likeness (QED) is 0.193. The average molecular weight is 638 g/mol. The Bertz CT molecular complexity index is 2980. The Labute approximate surface area is 287 Å². The lowest BCUT2D eigenvalue weighted by Crippen LogP contribution is -2.03. The maximum absolute atomic E-state index is 9.98. The maximum Gasteiger partial charge on any atom is 0.236 e. The fourth-order valence-corrected chi connectivity index (χ4v) is 7.49. The zero-order valence-corrected chi connectivity index (χ0v) is 26.8. The highest BCUT2D eigenvalue weighted by Crippen LogP contribution is 2.39. The van der Waals surface area contributed by atoms with Crippen molar-refractivity contribution in [2.45, 2.75) is 0 Å². The molecular formula is C45H27N5. The van der Waals surface area contributed by atoms with Gasteiger partial charge in [0, 0.05) is 32.6 Å². The summed E-state index contributed by atoms with van der Waals surface area (Å²) < 4.78 is 4.43. The van der Waals surface area contributed by atoms with Gasteiger partial charge in [-0.1, -0.05) is 97.1 Å². The van der Waals surface area contributed by atoms with E-state index >= 15 is 0 Å². The highest BCUT2D eigenvalue weighted by Gasteiger charge is 2.18. The first-order valence-electron chi connectivity index (χ1n) is 16.6. The van der Waals surface area contributed by atoms with Crippen LogP contribution in [0.4, 0.5) is 0 Å². The summed E-state index contributed by atoms with van der Waals surface area (Å²) in [5.41, 5.74) is 11.2. The Morgan fingerprint density at radius 3 is 1.56 bits per heavy atom. The number of benzene rings is 7. The van der Waals surface area contributed by atoms with Crippen LogP contribution in [-0.2, 0) is 0 Å². The lowest BCUT2D eigenvalue weighted by molar-refractivity contribution is 1.00. The van der Waals surface area contributed by atoms with E-state index in [1.807, 2.05) is 30.3 Å². The van der Waals surface area contributed by atoms with E-state index in [1.54, 1.807) is 0 Å². The molecule has 7 aromatic carbocycles. The number of nitrogens with zero attached hydrogens (tertiary/aromatic N) is 5. The second-order valence-electron chi connectivity index (χ2n) is 12.6. The Balaban J connectivity index is 1.19. The molecule has 0 atom stereocenters. The highest BCUT2D eigenvalue weighted by atomic mass is 15.2. The second kappa shape index (κ2) is 11.0. The van der Waals surface area contributed by atoms with E-state index in [1.165, 1.54) is 32.9 Å². The molecule has 0 fully saturated rings. The summed E-state index contributed by atoms with van der Waals surface area (Å²) in [4.78, 5) is 9.68. The average Bonchev–Trinajstić information content (AvgIpc) is 3.70. The number of fused-ring (bicyclic) bond motifs is 7. The molecule has 10 rings (SSSR count). The molecule has 0 saturated heterocycles. The van der Waals surface area contributed by atoms with Gasteiger partial charge in [0.2, 0.25) is 5.95 Å². The van der Waals surface area contributed by atoms with Gasteiger partial charge < -0.3 is 4.57 Å². The molecule has 0 radical (unpaired) electrons. The molecule has 3 aromatic heterocycles. The van der Waals surface area contributed by atoms with E-state index in [4.69, 9.17) is 9.97 Å². The second-order valence-corrected chi connectivity index (χ2v) is 12.6. The van der Waals surface area contributed by atoms with Gasteiger partial charge in [-0.15, -0.1) is 0 Å². The predicted molar refractivity (Wildman–Crippen MR) is 204 cm³/mol. The zero-order chi connectivity index (χ0) is 33.2. The van der Waals surface area contributed by atoms with Crippen LogP contribution in [0.3, 0.4) is 0 Å². The van der Waals surface area contributed by atoms with Crippen molar-refractivity contribution in [2.24, 2.45) is 0 Å². The molecule has 0 spiro atoms. The first-order valence-corrected chi connectivity index (χ1v) is 16.6. The minimum absolute atomic E-state index is 0.367. The summed E-state index contributed by atoms with van der Waals surface area (Å²) in [5, 5.41) is 15.4. The number of para-hydroxylation sites is 3. The van der Waals surface area contributed by atoms with Crippen molar-refractivity contribution in [1.29, 1.82) is 5.26 Å². The minimum atomic E-state index is 0.367. The lowest BCUT2D eigenvalue weighted by Gasteiger charge is -2.09. The van der Waals surface area contributed by atoms with Gasteiger partial charge in [0.15, 0.2) is 5.69 Å². The van der Waals surface area contributed by atoms with E-state index in [0.717, 1.165) is 49.5 Å². The van der Waals surface area contributed by atoms with E-state index < -0.39 is 0 Å². The summed E-state index contributed by atoms with van der Waals surface area (Å²) in [6.07, 6.45) is 0. The van der Waals surface area contributed by atoms with Crippen LogP contribution in [0.1, 0.15) is 5.69 Å². The van der Waals surface area contributed by atoms with Crippen LogP contribution in [0.15, 0.2) is 164 Å². The van der Waals surface area contributed by atoms with Crippen LogP contribution in [0, 0.1) is 11.3 Å². The standard InChI is InChI=1S/C45H27N5/c46-28-40-35-16-7-9-17-39(35)47-45(48-40)50-41-18-10-8-15-34(41)36-26-31(21-24-44(36)50)32-20-23-43-38(27-32)37-25-30(29-11-3-1-4-12-29)19-22-42(37)49(43)33-13-5-2-6-14-33/h1-27H. The van der Waals surface area contributed by atoms with Crippen molar-refractivity contribution in [3.8, 4) is 40.0 Å². The SMILES string of the molecule is N#Cc1nc(-n2c3ccccc3c3cc(-c4ccc5c(c4)c4cc(-c6ccccc6)ccc4n5-c4ccccc4)ccc32)nc2ccccc12. The number of hydrogen-bond acceptors (Lipinski definition) is 3. The molecule has 0 N–H and O–H groups in total. The van der Waals surface area contributed by atoms with Crippen molar-refractivity contribution in [1.82, 2.24) is 19.1 Å². The molecule has 5 nitrogen and oxygen atoms in total. The van der Waals surface area contributed by atoms with Crippen LogP contribution in [0.2, 0.25) is 0 Å². The first kappa shape index (κ1) is 28.0. The molecule has 0 amide bonds. The number of aromatic nitrogens is 4. The molecule has 0 saturated carbocycles. The summed E-state index contributed by atoms with van der Waals surface area (Å²) in [6, 6.07) is 59.6. The van der Waals surface area contributed by atoms with Gasteiger partial charge in [0.25, 0.3) is 0 Å². The molecule has 0 bridgehead atoms. The smallest absolute Gasteiger partial charge is 0.236 e. The van der Waals surface area contributed by atoms with Crippen molar-refractivity contribution in [3.63, 3.8) is 0 Å². The summed E-state index contributed by atoms with van der Waals surface area (Å²) in [5.74, 6) is 0.489. The van der Waals surface area contributed by atoms with Gasteiger partial charge in [-0.25, -0.2) is 9.97 Å². The van der Waals surface area contributed by atoms with E-state index in [-0.39, 0.29) is 0 Å². The van der Waals surface area contributed by atoms with Gasteiger partial charge in [-0.05, 0) is 89.0 Å². The lowest BCUT2D eigenvalue weighted by atomic mass is 9.99. The third-order valence-electron chi connectivity index (χ3n) is 9.79. The van der Waals surface area contributed by atoms with Crippen LogP contribution in [0.25, 0.3) is 88.4 Å². The van der Waals surface area contributed by atoms with E-state index in [2.05, 4.69) is 149 Å². The largest absolute Gasteiger partial charge is 0.309 e.